The number of para-hydroxylation sites is 1. The summed E-state index contributed by atoms with van der Waals surface area (Å²) in [5.41, 5.74) is 1.46. The van der Waals surface area contributed by atoms with E-state index in [1.807, 2.05) is 24.3 Å². The van der Waals surface area contributed by atoms with E-state index < -0.39 is 0 Å². The fraction of sp³-hybridized carbons (Fsp3) is 0.526. The third-order valence-electron chi connectivity index (χ3n) is 6.29. The van der Waals surface area contributed by atoms with Gasteiger partial charge in [0.25, 0.3) is 5.91 Å². The first-order valence-corrected chi connectivity index (χ1v) is 9.08. The summed E-state index contributed by atoms with van der Waals surface area (Å²) in [6.45, 7) is 0. The standard InChI is InChI=1S/C19H21ClN2O/c20-16-14-3-1-2-4-15(14)21-17(16)18(23)22-19-8-11-5-12(9-19)7-13(6-11)10-19/h1-4,11-13,21H,5-10H2,(H,22,23). The van der Waals surface area contributed by atoms with E-state index in [1.165, 1.54) is 19.3 Å². The van der Waals surface area contributed by atoms with E-state index in [0.29, 0.717) is 10.7 Å². The highest BCUT2D eigenvalue weighted by molar-refractivity contribution is 6.38. The summed E-state index contributed by atoms with van der Waals surface area (Å²) in [5.74, 6) is 2.42. The van der Waals surface area contributed by atoms with Crippen LogP contribution >= 0.6 is 11.6 Å². The predicted octanol–water partition coefficient (Wildman–Crippen LogP) is 4.52. The molecule has 1 heterocycles. The van der Waals surface area contributed by atoms with E-state index >= 15 is 0 Å². The van der Waals surface area contributed by atoms with Gasteiger partial charge in [-0.15, -0.1) is 0 Å². The topological polar surface area (TPSA) is 44.9 Å². The Balaban J connectivity index is 1.46. The molecule has 0 atom stereocenters. The average Bonchev–Trinajstić information content (AvgIpc) is 2.83. The SMILES string of the molecule is O=C(NC12CC3CC(CC(C3)C1)C2)c1[nH]c2ccccc2c1Cl. The molecule has 3 nitrogen and oxygen atoms in total. The minimum absolute atomic E-state index is 0.0203. The minimum Gasteiger partial charge on any atom is -0.349 e. The molecule has 4 aliphatic rings. The van der Waals surface area contributed by atoms with E-state index in [0.717, 1.165) is 47.9 Å². The quantitative estimate of drug-likeness (QED) is 0.836. The van der Waals surface area contributed by atoms with Crippen LogP contribution in [0.4, 0.5) is 0 Å². The zero-order valence-corrected chi connectivity index (χ0v) is 13.8. The van der Waals surface area contributed by atoms with Gasteiger partial charge < -0.3 is 10.3 Å². The Morgan fingerprint density at radius 3 is 2.30 bits per heavy atom. The second-order valence-corrected chi connectivity index (χ2v) is 8.39. The largest absolute Gasteiger partial charge is 0.349 e. The van der Waals surface area contributed by atoms with Gasteiger partial charge in [0.1, 0.15) is 5.69 Å². The van der Waals surface area contributed by atoms with E-state index in [1.54, 1.807) is 0 Å². The molecule has 0 aliphatic heterocycles. The molecule has 1 amide bonds. The van der Waals surface area contributed by atoms with Crippen molar-refractivity contribution in [3.63, 3.8) is 0 Å². The van der Waals surface area contributed by atoms with Crippen LogP contribution in [0.2, 0.25) is 5.02 Å². The van der Waals surface area contributed by atoms with Crippen LogP contribution in [-0.2, 0) is 0 Å². The number of halogens is 1. The number of rotatable bonds is 2. The van der Waals surface area contributed by atoms with Crippen LogP contribution in [0.25, 0.3) is 10.9 Å². The van der Waals surface area contributed by atoms with Gasteiger partial charge in [-0.05, 0) is 62.3 Å². The minimum atomic E-state index is -0.0341. The lowest BCUT2D eigenvalue weighted by molar-refractivity contribution is -0.0167. The molecule has 4 fully saturated rings. The predicted molar refractivity (Wildman–Crippen MR) is 91.7 cm³/mol. The lowest BCUT2D eigenvalue weighted by atomic mass is 9.53. The van der Waals surface area contributed by atoms with Gasteiger partial charge in [0.2, 0.25) is 0 Å². The number of amides is 1. The number of carbonyl (C=O) groups excluding carboxylic acids is 1. The summed E-state index contributed by atoms with van der Waals surface area (Å²) in [6, 6.07) is 7.82. The molecule has 0 spiro atoms. The monoisotopic (exact) mass is 328 g/mol. The lowest BCUT2D eigenvalue weighted by Crippen LogP contribution is -2.59. The summed E-state index contributed by atoms with van der Waals surface area (Å²) < 4.78 is 0. The van der Waals surface area contributed by atoms with Crippen molar-refractivity contribution in [1.29, 1.82) is 0 Å². The Morgan fingerprint density at radius 1 is 1.09 bits per heavy atom. The summed E-state index contributed by atoms with van der Waals surface area (Å²) in [6.07, 6.45) is 7.60. The molecule has 0 radical (unpaired) electrons. The fourth-order valence-electron chi connectivity index (χ4n) is 5.83. The van der Waals surface area contributed by atoms with Crippen molar-refractivity contribution >= 4 is 28.4 Å². The second kappa shape index (κ2) is 4.76. The molecule has 1 aromatic heterocycles. The third-order valence-corrected chi connectivity index (χ3v) is 6.68. The van der Waals surface area contributed by atoms with Gasteiger partial charge in [0.05, 0.1) is 5.02 Å². The average molecular weight is 329 g/mol. The number of fused-ring (bicyclic) bond motifs is 1. The first-order chi connectivity index (χ1) is 11.1. The maximum Gasteiger partial charge on any atom is 0.269 e. The number of aromatic nitrogens is 1. The molecule has 2 N–H and O–H groups in total. The number of hydrogen-bond acceptors (Lipinski definition) is 1. The maximum absolute atomic E-state index is 12.9. The number of carbonyl (C=O) groups is 1. The van der Waals surface area contributed by atoms with Crippen molar-refractivity contribution in [2.24, 2.45) is 17.8 Å². The zero-order chi connectivity index (χ0) is 15.6. The normalized spacial score (nSPS) is 34.9. The van der Waals surface area contributed by atoms with Crippen LogP contribution < -0.4 is 5.32 Å². The molecule has 2 aromatic rings. The highest BCUT2D eigenvalue weighted by Crippen LogP contribution is 2.55. The van der Waals surface area contributed by atoms with Crippen LogP contribution in [0, 0.1) is 17.8 Å². The first-order valence-electron chi connectivity index (χ1n) is 8.71. The fourth-order valence-corrected chi connectivity index (χ4v) is 6.13. The van der Waals surface area contributed by atoms with Crippen molar-refractivity contribution in [3.05, 3.63) is 35.0 Å². The number of nitrogens with one attached hydrogen (secondary N) is 2. The van der Waals surface area contributed by atoms with Crippen molar-refractivity contribution in [1.82, 2.24) is 10.3 Å². The van der Waals surface area contributed by atoms with Crippen LogP contribution in [0.15, 0.2) is 24.3 Å². The molecule has 23 heavy (non-hydrogen) atoms. The molecular formula is C19H21ClN2O. The highest BCUT2D eigenvalue weighted by Gasteiger charge is 2.51. The maximum atomic E-state index is 12.9. The molecule has 0 unspecified atom stereocenters. The lowest BCUT2D eigenvalue weighted by Gasteiger charge is -2.56. The van der Waals surface area contributed by atoms with E-state index in [-0.39, 0.29) is 11.4 Å². The van der Waals surface area contributed by atoms with Gasteiger partial charge >= 0.3 is 0 Å². The smallest absolute Gasteiger partial charge is 0.269 e. The van der Waals surface area contributed by atoms with E-state index in [2.05, 4.69) is 10.3 Å². The van der Waals surface area contributed by atoms with Crippen LogP contribution in [0.5, 0.6) is 0 Å². The van der Waals surface area contributed by atoms with Crippen LogP contribution in [0.3, 0.4) is 0 Å². The van der Waals surface area contributed by atoms with Crippen molar-refractivity contribution in [2.75, 3.05) is 0 Å². The molecule has 4 saturated carbocycles. The van der Waals surface area contributed by atoms with Crippen LogP contribution in [-0.4, -0.2) is 16.4 Å². The molecule has 120 valence electrons. The molecule has 0 saturated heterocycles. The van der Waals surface area contributed by atoms with Gasteiger partial charge in [-0.25, -0.2) is 0 Å². The van der Waals surface area contributed by atoms with Crippen molar-refractivity contribution in [3.8, 4) is 0 Å². The van der Waals surface area contributed by atoms with E-state index in [9.17, 15) is 4.79 Å². The van der Waals surface area contributed by atoms with Gasteiger partial charge in [-0.1, -0.05) is 29.8 Å². The molecule has 4 bridgehead atoms. The summed E-state index contributed by atoms with van der Waals surface area (Å²) in [4.78, 5) is 16.1. The summed E-state index contributed by atoms with van der Waals surface area (Å²) in [5, 5.41) is 4.85. The number of benzene rings is 1. The van der Waals surface area contributed by atoms with Crippen molar-refractivity contribution < 1.29 is 4.79 Å². The highest BCUT2D eigenvalue weighted by atomic mass is 35.5. The first kappa shape index (κ1) is 13.9. The molecule has 6 rings (SSSR count). The van der Waals surface area contributed by atoms with Crippen LogP contribution in [0.1, 0.15) is 49.0 Å². The zero-order valence-electron chi connectivity index (χ0n) is 13.1. The molecule has 1 aromatic carbocycles. The van der Waals surface area contributed by atoms with Gasteiger partial charge in [0, 0.05) is 16.4 Å². The molecule has 4 aliphatic carbocycles. The molecule has 4 heteroatoms. The number of hydrogen-bond donors (Lipinski definition) is 2. The van der Waals surface area contributed by atoms with Crippen molar-refractivity contribution in [2.45, 2.75) is 44.1 Å². The Labute approximate surface area is 140 Å². The van der Waals surface area contributed by atoms with Gasteiger partial charge in [-0.2, -0.15) is 0 Å². The van der Waals surface area contributed by atoms with E-state index in [4.69, 9.17) is 11.6 Å². The Bertz CT molecular complexity index is 758. The Morgan fingerprint density at radius 2 is 1.70 bits per heavy atom. The summed E-state index contributed by atoms with van der Waals surface area (Å²) in [7, 11) is 0. The Hall–Kier alpha value is -1.48. The van der Waals surface area contributed by atoms with Gasteiger partial charge in [0.15, 0.2) is 0 Å². The number of H-pyrrole nitrogens is 1. The number of aromatic amines is 1. The summed E-state index contributed by atoms with van der Waals surface area (Å²) >= 11 is 6.45. The van der Waals surface area contributed by atoms with Gasteiger partial charge in [-0.3, -0.25) is 4.79 Å². The molecular weight excluding hydrogens is 308 g/mol. The third kappa shape index (κ3) is 2.13. The Kier molecular flexibility index (Phi) is 2.88. The second-order valence-electron chi connectivity index (χ2n) is 8.01.